The van der Waals surface area contributed by atoms with Gasteiger partial charge in [-0.2, -0.15) is 0 Å². The molecule has 1 aliphatic rings. The summed E-state index contributed by atoms with van der Waals surface area (Å²) in [7, 11) is 1.68. The van der Waals surface area contributed by atoms with Crippen LogP contribution in [0.15, 0.2) is 0 Å². The predicted molar refractivity (Wildman–Crippen MR) is 68.4 cm³/mol. The van der Waals surface area contributed by atoms with Crippen LogP contribution in [0.2, 0.25) is 0 Å². The van der Waals surface area contributed by atoms with Crippen LogP contribution in [0.3, 0.4) is 0 Å². The van der Waals surface area contributed by atoms with Crippen LogP contribution in [0.5, 0.6) is 0 Å². The SMILES string of the molecule is COCCOCCOCCN1CCC(C)CC1. The summed E-state index contributed by atoms with van der Waals surface area (Å²) in [6.07, 6.45) is 2.67. The summed E-state index contributed by atoms with van der Waals surface area (Å²) in [6.45, 7) is 9.35. The lowest BCUT2D eigenvalue weighted by molar-refractivity contribution is 0.0175. The van der Waals surface area contributed by atoms with E-state index in [0.717, 1.165) is 19.1 Å². The molecule has 0 atom stereocenters. The van der Waals surface area contributed by atoms with Crippen molar-refractivity contribution in [1.29, 1.82) is 0 Å². The molecule has 17 heavy (non-hydrogen) atoms. The van der Waals surface area contributed by atoms with E-state index in [1.54, 1.807) is 7.11 Å². The van der Waals surface area contributed by atoms with Crippen LogP contribution in [0.25, 0.3) is 0 Å². The molecule has 102 valence electrons. The molecule has 0 unspecified atom stereocenters. The van der Waals surface area contributed by atoms with Crippen molar-refractivity contribution in [3.8, 4) is 0 Å². The summed E-state index contributed by atoms with van der Waals surface area (Å²) < 4.78 is 15.7. The largest absolute Gasteiger partial charge is 0.382 e. The van der Waals surface area contributed by atoms with Gasteiger partial charge in [0.1, 0.15) is 0 Å². The zero-order valence-electron chi connectivity index (χ0n) is 11.3. The molecule has 1 rings (SSSR count). The number of methoxy groups -OCH3 is 1. The molecule has 0 amide bonds. The summed E-state index contributed by atoms with van der Waals surface area (Å²) in [5.74, 6) is 0.904. The molecule has 4 nitrogen and oxygen atoms in total. The second kappa shape index (κ2) is 9.83. The first-order chi connectivity index (χ1) is 8.33. The first kappa shape index (κ1) is 14.9. The van der Waals surface area contributed by atoms with Gasteiger partial charge in [-0.15, -0.1) is 0 Å². The molecule has 1 aliphatic heterocycles. The Morgan fingerprint density at radius 3 is 2.18 bits per heavy atom. The van der Waals surface area contributed by atoms with E-state index in [4.69, 9.17) is 14.2 Å². The summed E-state index contributed by atoms with van der Waals surface area (Å²) in [4.78, 5) is 2.49. The van der Waals surface area contributed by atoms with Gasteiger partial charge >= 0.3 is 0 Å². The van der Waals surface area contributed by atoms with E-state index in [-0.39, 0.29) is 0 Å². The molecule has 0 aromatic rings. The average molecular weight is 245 g/mol. The summed E-state index contributed by atoms with van der Waals surface area (Å²) >= 11 is 0. The fourth-order valence-electron chi connectivity index (χ4n) is 1.94. The number of rotatable bonds is 9. The summed E-state index contributed by atoms with van der Waals surface area (Å²) in [6, 6.07) is 0. The van der Waals surface area contributed by atoms with E-state index >= 15 is 0 Å². The molecule has 1 heterocycles. The molecule has 0 aromatic carbocycles. The topological polar surface area (TPSA) is 30.9 Å². The highest BCUT2D eigenvalue weighted by atomic mass is 16.5. The Bertz CT molecular complexity index is 170. The minimum atomic E-state index is 0.657. The van der Waals surface area contributed by atoms with Gasteiger partial charge in [-0.05, 0) is 31.8 Å². The summed E-state index contributed by atoms with van der Waals surface area (Å²) in [5.41, 5.74) is 0. The number of ether oxygens (including phenoxy) is 3. The van der Waals surface area contributed by atoms with Crippen molar-refractivity contribution in [2.45, 2.75) is 19.8 Å². The predicted octanol–water partition coefficient (Wildman–Crippen LogP) is 1.40. The minimum absolute atomic E-state index is 0.657. The Morgan fingerprint density at radius 1 is 0.941 bits per heavy atom. The fourth-order valence-corrected chi connectivity index (χ4v) is 1.94. The van der Waals surface area contributed by atoms with E-state index in [1.165, 1.54) is 25.9 Å². The minimum Gasteiger partial charge on any atom is -0.382 e. The van der Waals surface area contributed by atoms with Crippen molar-refractivity contribution >= 4 is 0 Å². The highest BCUT2D eigenvalue weighted by molar-refractivity contribution is 4.68. The zero-order chi connectivity index (χ0) is 12.3. The molecule has 0 radical (unpaired) electrons. The normalized spacial score (nSPS) is 18.7. The van der Waals surface area contributed by atoms with Crippen molar-refractivity contribution in [2.24, 2.45) is 5.92 Å². The average Bonchev–Trinajstić information content (AvgIpc) is 2.35. The molecule has 0 spiro atoms. The molecule has 0 aromatic heterocycles. The first-order valence-electron chi connectivity index (χ1n) is 6.69. The third kappa shape index (κ3) is 7.71. The number of hydrogen-bond donors (Lipinski definition) is 0. The second-order valence-electron chi connectivity index (χ2n) is 4.74. The van der Waals surface area contributed by atoms with Crippen LogP contribution in [0.1, 0.15) is 19.8 Å². The van der Waals surface area contributed by atoms with Gasteiger partial charge in [0.05, 0.1) is 33.0 Å². The summed E-state index contributed by atoms with van der Waals surface area (Å²) in [5, 5.41) is 0. The Morgan fingerprint density at radius 2 is 1.53 bits per heavy atom. The second-order valence-corrected chi connectivity index (χ2v) is 4.74. The Hall–Kier alpha value is -0.160. The quantitative estimate of drug-likeness (QED) is 0.575. The van der Waals surface area contributed by atoms with Gasteiger partial charge in [0.2, 0.25) is 0 Å². The lowest BCUT2D eigenvalue weighted by atomic mass is 9.99. The van der Waals surface area contributed by atoms with Gasteiger partial charge in [-0.3, -0.25) is 0 Å². The maximum Gasteiger partial charge on any atom is 0.0701 e. The van der Waals surface area contributed by atoms with Crippen LogP contribution in [-0.2, 0) is 14.2 Å². The van der Waals surface area contributed by atoms with E-state index in [9.17, 15) is 0 Å². The van der Waals surface area contributed by atoms with Crippen LogP contribution < -0.4 is 0 Å². The number of likely N-dealkylation sites (tertiary alicyclic amines) is 1. The maximum absolute atomic E-state index is 5.54. The van der Waals surface area contributed by atoms with Crippen LogP contribution in [-0.4, -0.2) is 64.7 Å². The molecule has 0 bridgehead atoms. The number of piperidine rings is 1. The van der Waals surface area contributed by atoms with Gasteiger partial charge in [0, 0.05) is 13.7 Å². The third-order valence-electron chi connectivity index (χ3n) is 3.23. The van der Waals surface area contributed by atoms with Crippen LogP contribution in [0, 0.1) is 5.92 Å². The maximum atomic E-state index is 5.54. The van der Waals surface area contributed by atoms with E-state index in [1.807, 2.05) is 0 Å². The third-order valence-corrected chi connectivity index (χ3v) is 3.23. The molecule has 4 heteroatoms. The standard InChI is InChI=1S/C13H27NO3/c1-13-3-5-14(6-4-13)7-8-16-11-12-17-10-9-15-2/h13H,3-12H2,1-2H3. The smallest absolute Gasteiger partial charge is 0.0701 e. The highest BCUT2D eigenvalue weighted by Crippen LogP contribution is 2.15. The van der Waals surface area contributed by atoms with Gasteiger partial charge < -0.3 is 19.1 Å². The fraction of sp³-hybridized carbons (Fsp3) is 1.00. The molecular weight excluding hydrogens is 218 g/mol. The molecular formula is C13H27NO3. The number of hydrogen-bond acceptors (Lipinski definition) is 4. The van der Waals surface area contributed by atoms with Crippen molar-refractivity contribution in [3.63, 3.8) is 0 Å². The van der Waals surface area contributed by atoms with Gasteiger partial charge in [-0.25, -0.2) is 0 Å². The number of nitrogens with zero attached hydrogens (tertiary/aromatic N) is 1. The zero-order valence-corrected chi connectivity index (χ0v) is 11.3. The van der Waals surface area contributed by atoms with Gasteiger partial charge in [-0.1, -0.05) is 6.92 Å². The Labute approximate surface area is 105 Å². The first-order valence-corrected chi connectivity index (χ1v) is 6.69. The van der Waals surface area contributed by atoms with Crippen LogP contribution >= 0.6 is 0 Å². The van der Waals surface area contributed by atoms with Crippen molar-refractivity contribution in [1.82, 2.24) is 4.90 Å². The van der Waals surface area contributed by atoms with Crippen molar-refractivity contribution < 1.29 is 14.2 Å². The Balaban J connectivity index is 1.81. The molecule has 1 fully saturated rings. The van der Waals surface area contributed by atoms with E-state index in [0.29, 0.717) is 26.4 Å². The Kier molecular flexibility index (Phi) is 8.61. The van der Waals surface area contributed by atoms with Gasteiger partial charge in [0.15, 0.2) is 0 Å². The monoisotopic (exact) mass is 245 g/mol. The molecule has 1 saturated heterocycles. The highest BCUT2D eigenvalue weighted by Gasteiger charge is 2.14. The molecule has 0 N–H and O–H groups in total. The lowest BCUT2D eigenvalue weighted by Crippen LogP contribution is -2.35. The van der Waals surface area contributed by atoms with Gasteiger partial charge in [0.25, 0.3) is 0 Å². The molecule has 0 saturated carbocycles. The van der Waals surface area contributed by atoms with Crippen LogP contribution in [0.4, 0.5) is 0 Å². The lowest BCUT2D eigenvalue weighted by Gasteiger charge is -2.29. The molecule has 0 aliphatic carbocycles. The van der Waals surface area contributed by atoms with E-state index in [2.05, 4.69) is 11.8 Å². The van der Waals surface area contributed by atoms with Crippen molar-refractivity contribution in [2.75, 3.05) is 59.8 Å². The van der Waals surface area contributed by atoms with Crippen molar-refractivity contribution in [3.05, 3.63) is 0 Å². The van der Waals surface area contributed by atoms with E-state index < -0.39 is 0 Å².